The first kappa shape index (κ1) is 14.0. The molecule has 3 nitrogen and oxygen atoms in total. The molecule has 1 aromatic heterocycles. The maximum absolute atomic E-state index is 4.50. The van der Waals surface area contributed by atoms with Crippen LogP contribution in [-0.4, -0.2) is 25.1 Å². The van der Waals surface area contributed by atoms with Crippen LogP contribution in [0.4, 0.5) is 5.82 Å². The van der Waals surface area contributed by atoms with Crippen molar-refractivity contribution < 1.29 is 0 Å². The molecule has 0 spiro atoms. The molecule has 1 rings (SSSR count). The van der Waals surface area contributed by atoms with Gasteiger partial charge in [-0.3, -0.25) is 0 Å². The van der Waals surface area contributed by atoms with Gasteiger partial charge in [0.2, 0.25) is 0 Å². The number of hydrogen-bond acceptors (Lipinski definition) is 3. The van der Waals surface area contributed by atoms with Gasteiger partial charge in [0.1, 0.15) is 5.82 Å². The van der Waals surface area contributed by atoms with E-state index in [1.165, 1.54) is 12.0 Å². The number of nitrogens with one attached hydrogen (secondary N) is 1. The van der Waals surface area contributed by atoms with Gasteiger partial charge in [-0.25, -0.2) is 4.98 Å². The topological polar surface area (TPSA) is 28.2 Å². The van der Waals surface area contributed by atoms with Gasteiger partial charge in [0.25, 0.3) is 0 Å². The molecule has 17 heavy (non-hydrogen) atoms. The molecule has 1 N–H and O–H groups in total. The van der Waals surface area contributed by atoms with E-state index < -0.39 is 0 Å². The lowest BCUT2D eigenvalue weighted by Crippen LogP contribution is -2.21. The van der Waals surface area contributed by atoms with Gasteiger partial charge in [0.15, 0.2) is 0 Å². The Bertz CT molecular complexity index is 306. The summed E-state index contributed by atoms with van der Waals surface area (Å²) >= 11 is 0. The summed E-state index contributed by atoms with van der Waals surface area (Å²) in [5.41, 5.74) is 1.24. The lowest BCUT2D eigenvalue weighted by atomic mass is 10.1. The molecule has 0 aromatic carbocycles. The van der Waals surface area contributed by atoms with Crippen LogP contribution in [0.2, 0.25) is 0 Å². The highest BCUT2D eigenvalue weighted by atomic mass is 15.2. The zero-order valence-corrected chi connectivity index (χ0v) is 11.5. The first-order chi connectivity index (χ1) is 8.13. The lowest BCUT2D eigenvalue weighted by Gasteiger charge is -2.19. The SMILES string of the molecule is CCNCc1ccc(N(C)CCC(C)C)nc1. The van der Waals surface area contributed by atoms with Crippen LogP contribution in [0.15, 0.2) is 18.3 Å². The molecule has 0 aliphatic carbocycles. The predicted molar refractivity (Wildman–Crippen MR) is 74.3 cm³/mol. The van der Waals surface area contributed by atoms with Crippen molar-refractivity contribution in [2.45, 2.75) is 33.7 Å². The molecule has 0 radical (unpaired) electrons. The van der Waals surface area contributed by atoms with Crippen LogP contribution in [0.5, 0.6) is 0 Å². The lowest BCUT2D eigenvalue weighted by molar-refractivity contribution is 0.583. The molecule has 0 fully saturated rings. The Morgan fingerprint density at radius 1 is 1.35 bits per heavy atom. The normalized spacial score (nSPS) is 10.9. The first-order valence-corrected chi connectivity index (χ1v) is 6.50. The molecule has 96 valence electrons. The number of anilines is 1. The Labute approximate surface area is 105 Å². The third-order valence-corrected chi connectivity index (χ3v) is 2.82. The Kier molecular flexibility index (Phi) is 5.98. The number of pyridine rings is 1. The predicted octanol–water partition coefficient (Wildman–Crippen LogP) is 2.67. The van der Waals surface area contributed by atoms with Crippen LogP contribution in [-0.2, 0) is 6.54 Å². The molecule has 0 saturated carbocycles. The van der Waals surface area contributed by atoms with Crippen molar-refractivity contribution in [3.63, 3.8) is 0 Å². The summed E-state index contributed by atoms with van der Waals surface area (Å²) in [6.07, 6.45) is 3.17. The van der Waals surface area contributed by atoms with Gasteiger partial charge < -0.3 is 10.2 Å². The highest BCUT2D eigenvalue weighted by Crippen LogP contribution is 2.11. The van der Waals surface area contributed by atoms with E-state index in [2.05, 4.69) is 55.2 Å². The van der Waals surface area contributed by atoms with E-state index in [-0.39, 0.29) is 0 Å². The van der Waals surface area contributed by atoms with Gasteiger partial charge >= 0.3 is 0 Å². The summed E-state index contributed by atoms with van der Waals surface area (Å²) < 4.78 is 0. The Morgan fingerprint density at radius 3 is 2.65 bits per heavy atom. The number of aromatic nitrogens is 1. The van der Waals surface area contributed by atoms with Gasteiger partial charge in [0.05, 0.1) is 0 Å². The Morgan fingerprint density at radius 2 is 2.12 bits per heavy atom. The van der Waals surface area contributed by atoms with Gasteiger partial charge in [0, 0.05) is 26.3 Å². The molecule has 0 amide bonds. The van der Waals surface area contributed by atoms with Crippen molar-refractivity contribution in [2.75, 3.05) is 25.0 Å². The number of nitrogens with zero attached hydrogens (tertiary/aromatic N) is 2. The smallest absolute Gasteiger partial charge is 0.128 e. The van der Waals surface area contributed by atoms with Gasteiger partial charge in [-0.1, -0.05) is 26.8 Å². The Balaban J connectivity index is 2.48. The fraction of sp³-hybridized carbons (Fsp3) is 0.643. The van der Waals surface area contributed by atoms with E-state index in [0.29, 0.717) is 0 Å². The summed E-state index contributed by atoms with van der Waals surface area (Å²) in [7, 11) is 2.11. The van der Waals surface area contributed by atoms with E-state index in [1.807, 2.05) is 6.20 Å². The van der Waals surface area contributed by atoms with Crippen LogP contribution in [0.25, 0.3) is 0 Å². The highest BCUT2D eigenvalue weighted by molar-refractivity contribution is 5.38. The molecular formula is C14H25N3. The molecule has 1 heterocycles. The maximum Gasteiger partial charge on any atom is 0.128 e. The van der Waals surface area contributed by atoms with Gasteiger partial charge in [-0.15, -0.1) is 0 Å². The van der Waals surface area contributed by atoms with E-state index in [9.17, 15) is 0 Å². The second kappa shape index (κ2) is 7.28. The van der Waals surface area contributed by atoms with Crippen molar-refractivity contribution in [3.05, 3.63) is 23.9 Å². The van der Waals surface area contributed by atoms with Crippen molar-refractivity contribution in [1.82, 2.24) is 10.3 Å². The summed E-state index contributed by atoms with van der Waals surface area (Å²) in [5.74, 6) is 1.80. The van der Waals surface area contributed by atoms with Crippen LogP contribution < -0.4 is 10.2 Å². The minimum absolute atomic E-state index is 0.741. The molecule has 0 aliphatic heterocycles. The Hall–Kier alpha value is -1.09. The third kappa shape index (κ3) is 5.18. The van der Waals surface area contributed by atoms with Crippen molar-refractivity contribution in [2.24, 2.45) is 5.92 Å². The van der Waals surface area contributed by atoms with Gasteiger partial charge in [-0.05, 0) is 30.5 Å². The molecule has 3 heteroatoms. The summed E-state index contributed by atoms with van der Waals surface area (Å²) in [4.78, 5) is 6.71. The molecule has 0 aliphatic rings. The fourth-order valence-electron chi connectivity index (χ4n) is 1.58. The molecule has 0 atom stereocenters. The second-order valence-corrected chi connectivity index (χ2v) is 4.91. The standard InChI is InChI=1S/C14H25N3/c1-5-15-10-13-6-7-14(16-11-13)17(4)9-8-12(2)3/h6-7,11-12,15H,5,8-10H2,1-4H3. The van der Waals surface area contributed by atoms with E-state index in [0.717, 1.165) is 31.4 Å². The van der Waals surface area contributed by atoms with E-state index >= 15 is 0 Å². The zero-order valence-electron chi connectivity index (χ0n) is 11.5. The van der Waals surface area contributed by atoms with Crippen LogP contribution >= 0.6 is 0 Å². The van der Waals surface area contributed by atoms with Crippen LogP contribution in [0.1, 0.15) is 32.8 Å². The van der Waals surface area contributed by atoms with Gasteiger partial charge in [-0.2, -0.15) is 0 Å². The quantitative estimate of drug-likeness (QED) is 0.787. The summed E-state index contributed by atoms with van der Waals surface area (Å²) in [6, 6.07) is 4.25. The number of hydrogen-bond donors (Lipinski definition) is 1. The maximum atomic E-state index is 4.50. The molecule has 0 bridgehead atoms. The van der Waals surface area contributed by atoms with Crippen molar-refractivity contribution in [3.8, 4) is 0 Å². The second-order valence-electron chi connectivity index (χ2n) is 4.91. The minimum Gasteiger partial charge on any atom is -0.360 e. The average molecular weight is 235 g/mol. The van der Waals surface area contributed by atoms with E-state index in [1.54, 1.807) is 0 Å². The first-order valence-electron chi connectivity index (χ1n) is 6.50. The third-order valence-electron chi connectivity index (χ3n) is 2.82. The summed E-state index contributed by atoms with van der Waals surface area (Å²) in [6.45, 7) is 9.58. The zero-order chi connectivity index (χ0) is 12.7. The van der Waals surface area contributed by atoms with Crippen LogP contribution in [0.3, 0.4) is 0 Å². The fourth-order valence-corrected chi connectivity index (χ4v) is 1.58. The van der Waals surface area contributed by atoms with E-state index in [4.69, 9.17) is 0 Å². The number of rotatable bonds is 7. The molecule has 0 saturated heterocycles. The van der Waals surface area contributed by atoms with Crippen molar-refractivity contribution >= 4 is 5.82 Å². The molecular weight excluding hydrogens is 210 g/mol. The highest BCUT2D eigenvalue weighted by Gasteiger charge is 2.03. The van der Waals surface area contributed by atoms with Crippen LogP contribution in [0, 0.1) is 5.92 Å². The largest absolute Gasteiger partial charge is 0.360 e. The average Bonchev–Trinajstić information content (AvgIpc) is 2.34. The summed E-state index contributed by atoms with van der Waals surface area (Å²) in [5, 5.41) is 3.30. The monoisotopic (exact) mass is 235 g/mol. The van der Waals surface area contributed by atoms with Crippen molar-refractivity contribution in [1.29, 1.82) is 0 Å². The molecule has 0 unspecified atom stereocenters. The molecule has 1 aromatic rings. The minimum atomic E-state index is 0.741.